The van der Waals surface area contributed by atoms with Gasteiger partial charge in [-0.05, 0) is 111 Å². The van der Waals surface area contributed by atoms with Crippen LogP contribution in [-0.2, 0) is 0 Å². The summed E-state index contributed by atoms with van der Waals surface area (Å²) in [6.07, 6.45) is 0. The highest BCUT2D eigenvalue weighted by atomic mass is 15.0. The highest BCUT2D eigenvalue weighted by Gasteiger charge is 2.17. The van der Waals surface area contributed by atoms with Crippen LogP contribution in [0.4, 0.5) is 0 Å². The summed E-state index contributed by atoms with van der Waals surface area (Å²) in [5.74, 6) is 0. The van der Waals surface area contributed by atoms with E-state index in [1.165, 1.54) is 88.1 Å². The summed E-state index contributed by atoms with van der Waals surface area (Å²) in [5, 5.41) is 4.98. The predicted molar refractivity (Wildman–Crippen MR) is 237 cm³/mol. The summed E-state index contributed by atoms with van der Waals surface area (Å²) in [6.45, 7) is 0. The maximum atomic E-state index is 2.43. The number of hydrogen-bond acceptors (Lipinski definition) is 0. The van der Waals surface area contributed by atoms with Gasteiger partial charge in [0.2, 0.25) is 0 Å². The Morgan fingerprint density at radius 2 is 0.554 bits per heavy atom. The van der Waals surface area contributed by atoms with E-state index in [4.69, 9.17) is 0 Å². The molecule has 0 bridgehead atoms. The number of nitrogens with zero attached hydrogens (tertiary/aromatic N) is 2. The number of fused-ring (bicyclic) bond motifs is 6. The lowest BCUT2D eigenvalue weighted by atomic mass is 9.99. The minimum absolute atomic E-state index is 1.15. The molecule has 0 atom stereocenters. The van der Waals surface area contributed by atoms with Gasteiger partial charge in [0.05, 0.1) is 22.1 Å². The second kappa shape index (κ2) is 13.2. The van der Waals surface area contributed by atoms with Crippen LogP contribution in [0.2, 0.25) is 0 Å². The molecule has 0 saturated heterocycles. The zero-order valence-electron chi connectivity index (χ0n) is 30.7. The summed E-state index contributed by atoms with van der Waals surface area (Å²) in [4.78, 5) is 0. The molecule has 0 spiro atoms. The van der Waals surface area contributed by atoms with Crippen molar-refractivity contribution in [3.8, 4) is 55.9 Å². The number of para-hydroxylation sites is 1. The molecule has 0 fully saturated rings. The van der Waals surface area contributed by atoms with Gasteiger partial charge in [0, 0.05) is 32.9 Å². The molecule has 0 radical (unpaired) electrons. The molecule has 0 N–H and O–H groups in total. The molecule has 11 rings (SSSR count). The van der Waals surface area contributed by atoms with Crippen LogP contribution in [0.15, 0.2) is 218 Å². The van der Waals surface area contributed by atoms with E-state index in [1.54, 1.807) is 0 Å². The quantitative estimate of drug-likeness (QED) is 0.162. The molecule has 56 heavy (non-hydrogen) atoms. The molecule has 2 aromatic heterocycles. The van der Waals surface area contributed by atoms with Gasteiger partial charge in [-0.3, -0.25) is 0 Å². The molecule has 2 heteroatoms. The molecule has 0 aliphatic heterocycles. The van der Waals surface area contributed by atoms with Gasteiger partial charge in [0.25, 0.3) is 0 Å². The first-order valence-electron chi connectivity index (χ1n) is 19.3. The van der Waals surface area contributed by atoms with Crippen LogP contribution in [-0.4, -0.2) is 9.13 Å². The van der Waals surface area contributed by atoms with E-state index in [9.17, 15) is 0 Å². The molecule has 262 valence electrons. The van der Waals surface area contributed by atoms with Gasteiger partial charge in [-0.1, -0.05) is 152 Å². The highest BCUT2D eigenvalue weighted by Crippen LogP contribution is 2.40. The van der Waals surface area contributed by atoms with Crippen LogP contribution in [0.5, 0.6) is 0 Å². The Bertz CT molecular complexity index is 3210. The number of rotatable bonds is 6. The minimum Gasteiger partial charge on any atom is -0.309 e. The average Bonchev–Trinajstić information content (AvgIpc) is 3.79. The van der Waals surface area contributed by atoms with Crippen LogP contribution in [0.3, 0.4) is 0 Å². The largest absolute Gasteiger partial charge is 0.309 e. The minimum atomic E-state index is 1.15. The van der Waals surface area contributed by atoms with Gasteiger partial charge in [-0.25, -0.2) is 0 Å². The van der Waals surface area contributed by atoms with Crippen LogP contribution in [0, 0.1) is 0 Å². The molecular formula is C54H36N2. The topological polar surface area (TPSA) is 9.86 Å². The van der Waals surface area contributed by atoms with Crippen molar-refractivity contribution in [1.29, 1.82) is 0 Å². The molecule has 2 heterocycles. The third-order valence-corrected chi connectivity index (χ3v) is 11.3. The van der Waals surface area contributed by atoms with Crippen LogP contribution < -0.4 is 0 Å². The van der Waals surface area contributed by atoms with Crippen LogP contribution in [0.25, 0.3) is 99.5 Å². The first-order chi connectivity index (χ1) is 27.8. The Hall–Kier alpha value is -7.42. The third-order valence-electron chi connectivity index (χ3n) is 11.3. The zero-order chi connectivity index (χ0) is 37.0. The van der Waals surface area contributed by atoms with E-state index in [0.717, 1.165) is 11.4 Å². The van der Waals surface area contributed by atoms with Gasteiger partial charge in [-0.2, -0.15) is 0 Å². The second-order valence-corrected chi connectivity index (χ2v) is 14.6. The van der Waals surface area contributed by atoms with Crippen molar-refractivity contribution in [2.24, 2.45) is 0 Å². The van der Waals surface area contributed by atoms with Crippen molar-refractivity contribution in [1.82, 2.24) is 9.13 Å². The molecule has 0 unspecified atom stereocenters. The fourth-order valence-electron chi connectivity index (χ4n) is 8.61. The van der Waals surface area contributed by atoms with Gasteiger partial charge < -0.3 is 9.13 Å². The molecule has 0 aliphatic rings. The fraction of sp³-hybridized carbons (Fsp3) is 0. The van der Waals surface area contributed by atoms with Crippen molar-refractivity contribution < 1.29 is 0 Å². The summed E-state index contributed by atoms with van der Waals surface area (Å²) >= 11 is 0. The van der Waals surface area contributed by atoms with Crippen molar-refractivity contribution in [3.05, 3.63) is 218 Å². The SMILES string of the molecule is c1ccc(-c2ccc(-n3c4ccccc4c4cc(-c5ccc6c(c5)c5cc(-c7ccccc7)ccc5n6-c5cccc(-c6ccccc6)c5)ccc43)cc2)cc1. The first-order valence-corrected chi connectivity index (χ1v) is 19.3. The van der Waals surface area contributed by atoms with Gasteiger partial charge >= 0.3 is 0 Å². The van der Waals surface area contributed by atoms with Crippen LogP contribution >= 0.6 is 0 Å². The van der Waals surface area contributed by atoms with Gasteiger partial charge in [-0.15, -0.1) is 0 Å². The standard InChI is InChI=1S/C54H36N2/c1-4-13-37(14-5-1)40-23-28-45(29-24-40)55-51-22-11-10-21-47(51)48-35-43(26-31-52(48)55)44-27-32-54-50(36-44)49-34-42(39-17-8-3-9-18-39)25-30-53(49)56(54)46-20-12-19-41(33-46)38-15-6-2-7-16-38/h1-36H. The molecule has 0 amide bonds. The molecule has 0 aliphatic carbocycles. The highest BCUT2D eigenvalue weighted by molar-refractivity contribution is 6.13. The Labute approximate surface area is 325 Å². The average molecular weight is 713 g/mol. The summed E-state index contributed by atoms with van der Waals surface area (Å²) in [6, 6.07) is 79.4. The van der Waals surface area contributed by atoms with E-state index in [1.807, 2.05) is 0 Å². The maximum absolute atomic E-state index is 2.43. The Kier molecular flexibility index (Phi) is 7.53. The monoisotopic (exact) mass is 712 g/mol. The number of hydrogen-bond donors (Lipinski definition) is 0. The van der Waals surface area contributed by atoms with E-state index >= 15 is 0 Å². The van der Waals surface area contributed by atoms with Crippen molar-refractivity contribution in [3.63, 3.8) is 0 Å². The Balaban J connectivity index is 1.07. The summed E-state index contributed by atoms with van der Waals surface area (Å²) < 4.78 is 4.82. The van der Waals surface area contributed by atoms with E-state index < -0.39 is 0 Å². The van der Waals surface area contributed by atoms with Crippen molar-refractivity contribution >= 4 is 43.6 Å². The smallest absolute Gasteiger partial charge is 0.0541 e. The molecule has 11 aromatic rings. The molecule has 0 saturated carbocycles. The fourth-order valence-corrected chi connectivity index (χ4v) is 8.61. The predicted octanol–water partition coefficient (Wildman–Crippen LogP) is 14.5. The lowest BCUT2D eigenvalue weighted by molar-refractivity contribution is 1.18. The van der Waals surface area contributed by atoms with E-state index in [2.05, 4.69) is 228 Å². The van der Waals surface area contributed by atoms with E-state index in [0.29, 0.717) is 0 Å². The zero-order valence-corrected chi connectivity index (χ0v) is 30.7. The first kappa shape index (κ1) is 32.0. The second-order valence-electron chi connectivity index (χ2n) is 14.6. The lowest BCUT2D eigenvalue weighted by Crippen LogP contribution is -1.94. The molecular weight excluding hydrogens is 677 g/mol. The summed E-state index contributed by atoms with van der Waals surface area (Å²) in [5.41, 5.74) is 16.8. The van der Waals surface area contributed by atoms with Crippen molar-refractivity contribution in [2.75, 3.05) is 0 Å². The molecule has 2 nitrogen and oxygen atoms in total. The Morgan fingerprint density at radius 1 is 0.196 bits per heavy atom. The number of benzene rings is 9. The van der Waals surface area contributed by atoms with Gasteiger partial charge in [0.1, 0.15) is 0 Å². The number of aromatic nitrogens is 2. The van der Waals surface area contributed by atoms with Crippen molar-refractivity contribution in [2.45, 2.75) is 0 Å². The van der Waals surface area contributed by atoms with E-state index in [-0.39, 0.29) is 0 Å². The summed E-state index contributed by atoms with van der Waals surface area (Å²) in [7, 11) is 0. The van der Waals surface area contributed by atoms with Crippen LogP contribution in [0.1, 0.15) is 0 Å². The Morgan fingerprint density at radius 3 is 1.11 bits per heavy atom. The normalized spacial score (nSPS) is 11.6. The molecule has 9 aromatic carbocycles. The van der Waals surface area contributed by atoms with Gasteiger partial charge in [0.15, 0.2) is 0 Å². The maximum Gasteiger partial charge on any atom is 0.0541 e. The third kappa shape index (κ3) is 5.34. The lowest BCUT2D eigenvalue weighted by Gasteiger charge is -2.11.